The Morgan fingerprint density at radius 1 is 0.828 bits per heavy atom. The Morgan fingerprint density at radius 2 is 1.52 bits per heavy atom. The third kappa shape index (κ3) is 12.3. The molecule has 314 valence electrons. The van der Waals surface area contributed by atoms with Gasteiger partial charge in [0.25, 0.3) is 0 Å². The average Bonchev–Trinajstić information content (AvgIpc) is 3.83. The number of para-hydroxylation sites is 1. The highest BCUT2D eigenvalue weighted by Gasteiger charge is 2.38. The van der Waals surface area contributed by atoms with E-state index in [1.54, 1.807) is 32.2 Å². The number of aromatic amines is 1. The molecule has 17 heteroatoms. The molecule has 0 aliphatic carbocycles. The molecule has 7 amide bonds. The number of H-pyrrole nitrogens is 1. The van der Waals surface area contributed by atoms with Gasteiger partial charge in [-0.3, -0.25) is 33.6 Å². The van der Waals surface area contributed by atoms with E-state index in [9.17, 15) is 38.7 Å². The predicted octanol–water partition coefficient (Wildman–Crippen LogP) is 0.240. The van der Waals surface area contributed by atoms with E-state index in [0.717, 1.165) is 16.5 Å². The zero-order valence-electron chi connectivity index (χ0n) is 33.7. The second kappa shape index (κ2) is 20.5. The van der Waals surface area contributed by atoms with E-state index in [2.05, 4.69) is 31.6 Å². The molecule has 1 aliphatic rings. The molecule has 1 fully saturated rings. The lowest BCUT2D eigenvalue weighted by atomic mass is 10.00. The average molecular weight is 804 g/mol. The highest BCUT2D eigenvalue weighted by atomic mass is 16.3. The van der Waals surface area contributed by atoms with Crippen LogP contribution < -0.4 is 38.1 Å². The summed E-state index contributed by atoms with van der Waals surface area (Å²) >= 11 is 0. The van der Waals surface area contributed by atoms with Crippen molar-refractivity contribution >= 4 is 52.3 Å². The second-order valence-corrected chi connectivity index (χ2v) is 15.6. The second-order valence-electron chi connectivity index (χ2n) is 15.6. The molecule has 0 saturated carbocycles. The fourth-order valence-electron chi connectivity index (χ4n) is 6.92. The van der Waals surface area contributed by atoms with Crippen LogP contribution in [0.3, 0.4) is 0 Å². The Morgan fingerprint density at radius 3 is 2.17 bits per heavy atom. The molecule has 0 bridgehead atoms. The number of carbonyl (C=O) groups excluding carboxylic acids is 7. The molecule has 4 rings (SSSR count). The van der Waals surface area contributed by atoms with Gasteiger partial charge in [0.2, 0.25) is 41.4 Å². The van der Waals surface area contributed by atoms with Crippen LogP contribution in [0.1, 0.15) is 65.0 Å². The molecule has 1 aliphatic heterocycles. The molecule has 58 heavy (non-hydrogen) atoms. The van der Waals surface area contributed by atoms with Crippen molar-refractivity contribution in [2.45, 2.75) is 103 Å². The van der Waals surface area contributed by atoms with Crippen molar-refractivity contribution in [2.75, 3.05) is 13.1 Å². The number of benzene rings is 2. The zero-order valence-corrected chi connectivity index (χ0v) is 33.7. The predicted molar refractivity (Wildman–Crippen MR) is 216 cm³/mol. The highest BCUT2D eigenvalue weighted by Crippen LogP contribution is 2.21. The van der Waals surface area contributed by atoms with Crippen LogP contribution in [0.15, 0.2) is 54.7 Å². The van der Waals surface area contributed by atoms with Crippen molar-refractivity contribution < 1.29 is 38.7 Å². The van der Waals surface area contributed by atoms with Gasteiger partial charge >= 0.3 is 0 Å². The molecular weight excluding hydrogens is 747 g/mol. The maximum absolute atomic E-state index is 13.8. The number of carbonyl (C=O) groups is 7. The summed E-state index contributed by atoms with van der Waals surface area (Å²) in [5.41, 5.74) is 14.1. The van der Waals surface area contributed by atoms with E-state index in [1.807, 2.05) is 38.1 Å². The Balaban J connectivity index is 1.37. The van der Waals surface area contributed by atoms with Crippen molar-refractivity contribution in [3.05, 3.63) is 65.9 Å². The van der Waals surface area contributed by atoms with Gasteiger partial charge in [0.15, 0.2) is 0 Å². The topological polar surface area (TPSA) is 271 Å². The number of amides is 7. The molecule has 2 aromatic carbocycles. The maximum Gasteiger partial charge on any atom is 0.245 e. The van der Waals surface area contributed by atoms with Crippen LogP contribution in [-0.4, -0.2) is 106 Å². The number of nitrogens with two attached hydrogens (primary N) is 2. The van der Waals surface area contributed by atoms with E-state index < -0.39 is 90.1 Å². The van der Waals surface area contributed by atoms with E-state index in [0.29, 0.717) is 24.9 Å². The van der Waals surface area contributed by atoms with Crippen LogP contribution in [0.2, 0.25) is 0 Å². The lowest BCUT2D eigenvalue weighted by Crippen LogP contribution is -2.58. The number of primary amides is 1. The standard InChI is InChI=1S/C41H57N9O8/c1-22(2)17-32(41(58)50-16-8-11-33(50)36(43)53)48-39(56)31(18-25-12-14-27(51)15-13-25)47-34(52)21-45-40(57)35(23(3)4)49-37(54)24(5)46-38(55)29(42)19-26-20-44-30-10-7-6-9-28(26)30/h6-7,9-10,12-15,20,22-24,29,31-33,35,44,51H,8,11,16-19,21,42H2,1-5H3,(H2,43,53)(H,45,57)(H,46,55)(H,47,52)(H,48,56)(H,49,54). The Labute approximate surface area is 337 Å². The number of likely N-dealkylation sites (tertiary alicyclic amines) is 1. The summed E-state index contributed by atoms with van der Waals surface area (Å²) in [4.78, 5) is 96.8. The monoisotopic (exact) mass is 803 g/mol. The van der Waals surface area contributed by atoms with Crippen LogP contribution in [0, 0.1) is 11.8 Å². The van der Waals surface area contributed by atoms with Crippen LogP contribution >= 0.6 is 0 Å². The van der Waals surface area contributed by atoms with Crippen LogP contribution in [0.25, 0.3) is 10.9 Å². The molecule has 0 radical (unpaired) electrons. The normalized spacial score (nSPS) is 16.6. The van der Waals surface area contributed by atoms with Crippen molar-refractivity contribution in [1.82, 2.24) is 36.5 Å². The molecule has 1 saturated heterocycles. The van der Waals surface area contributed by atoms with Crippen molar-refractivity contribution in [3.63, 3.8) is 0 Å². The quantitative estimate of drug-likeness (QED) is 0.0802. The molecule has 6 unspecified atom stereocenters. The molecular formula is C41H57N9O8. The molecule has 0 spiro atoms. The summed E-state index contributed by atoms with van der Waals surface area (Å²) in [7, 11) is 0. The first kappa shape index (κ1) is 44.7. The van der Waals surface area contributed by atoms with Crippen LogP contribution in [0.5, 0.6) is 5.75 Å². The number of aromatic nitrogens is 1. The minimum atomic E-state index is -1.21. The summed E-state index contributed by atoms with van der Waals surface area (Å²) in [6.07, 6.45) is 3.26. The summed E-state index contributed by atoms with van der Waals surface area (Å²) in [6.45, 7) is 8.39. The largest absolute Gasteiger partial charge is 0.508 e. The maximum atomic E-state index is 13.8. The van der Waals surface area contributed by atoms with Gasteiger partial charge in [0.1, 0.15) is 36.0 Å². The third-order valence-electron chi connectivity index (χ3n) is 10.1. The van der Waals surface area contributed by atoms with Crippen LogP contribution in [0.4, 0.5) is 0 Å². The number of hydrogen-bond donors (Lipinski definition) is 9. The number of nitrogens with zero attached hydrogens (tertiary/aromatic N) is 1. The number of fused-ring (bicyclic) bond motifs is 1. The van der Waals surface area contributed by atoms with Crippen molar-refractivity contribution in [1.29, 1.82) is 0 Å². The van der Waals surface area contributed by atoms with Gasteiger partial charge in [-0.1, -0.05) is 58.0 Å². The molecule has 11 N–H and O–H groups in total. The fraction of sp³-hybridized carbons (Fsp3) is 0.488. The third-order valence-corrected chi connectivity index (χ3v) is 10.1. The number of phenols is 1. The highest BCUT2D eigenvalue weighted by molar-refractivity contribution is 5.96. The molecule has 3 aromatic rings. The number of rotatable bonds is 19. The first-order valence-corrected chi connectivity index (χ1v) is 19.6. The Kier molecular flexibility index (Phi) is 15.8. The molecule has 6 atom stereocenters. The fourth-order valence-corrected chi connectivity index (χ4v) is 6.92. The van der Waals surface area contributed by atoms with Gasteiger partial charge < -0.3 is 53.0 Å². The minimum absolute atomic E-state index is 0.00214. The smallest absolute Gasteiger partial charge is 0.245 e. The van der Waals surface area contributed by atoms with Crippen molar-refractivity contribution in [2.24, 2.45) is 23.3 Å². The minimum Gasteiger partial charge on any atom is -0.508 e. The lowest BCUT2D eigenvalue weighted by Gasteiger charge is -2.30. The SMILES string of the molecule is CC(C)CC(NC(=O)C(Cc1ccc(O)cc1)NC(=O)CNC(=O)C(NC(=O)C(C)NC(=O)C(N)Cc1c[nH]c2ccccc12)C(C)C)C(=O)N1CCCC1C(N)=O. The Bertz CT molecular complexity index is 1950. The number of nitrogens with one attached hydrogen (secondary N) is 6. The molecule has 2 heterocycles. The summed E-state index contributed by atoms with van der Waals surface area (Å²) in [5.74, 6) is -4.79. The van der Waals surface area contributed by atoms with Gasteiger partial charge in [-0.15, -0.1) is 0 Å². The van der Waals surface area contributed by atoms with Gasteiger partial charge in [0.05, 0.1) is 12.6 Å². The van der Waals surface area contributed by atoms with E-state index in [4.69, 9.17) is 11.5 Å². The number of hydrogen-bond acceptors (Lipinski definition) is 9. The zero-order chi connectivity index (χ0) is 42.7. The van der Waals surface area contributed by atoms with E-state index >= 15 is 0 Å². The van der Waals surface area contributed by atoms with Gasteiger partial charge in [-0.2, -0.15) is 0 Å². The first-order chi connectivity index (χ1) is 27.4. The summed E-state index contributed by atoms with van der Waals surface area (Å²) < 4.78 is 0. The molecule has 17 nitrogen and oxygen atoms in total. The van der Waals surface area contributed by atoms with E-state index in [1.165, 1.54) is 24.0 Å². The first-order valence-electron chi connectivity index (χ1n) is 19.6. The lowest BCUT2D eigenvalue weighted by molar-refractivity contribution is -0.141. The summed E-state index contributed by atoms with van der Waals surface area (Å²) in [6, 6.07) is 7.55. The van der Waals surface area contributed by atoms with Crippen LogP contribution in [-0.2, 0) is 46.4 Å². The van der Waals surface area contributed by atoms with Gasteiger partial charge in [-0.05, 0) is 73.8 Å². The van der Waals surface area contributed by atoms with Gasteiger partial charge in [0, 0.05) is 30.1 Å². The van der Waals surface area contributed by atoms with Gasteiger partial charge in [-0.25, -0.2) is 0 Å². The number of phenolic OH excluding ortho intramolecular Hbond substituents is 1. The van der Waals surface area contributed by atoms with Crippen molar-refractivity contribution in [3.8, 4) is 5.75 Å². The van der Waals surface area contributed by atoms with E-state index in [-0.39, 0.29) is 30.9 Å². The summed E-state index contributed by atoms with van der Waals surface area (Å²) in [5, 5.41) is 23.9. The molecule has 1 aromatic heterocycles. The Hall–Kier alpha value is -5.97. The number of aromatic hydroxyl groups is 1.